The van der Waals surface area contributed by atoms with Crippen LogP contribution in [0, 0.1) is 5.92 Å². The lowest BCUT2D eigenvalue weighted by atomic mass is 10.1. The second-order valence-electron chi connectivity index (χ2n) is 3.47. The normalized spacial score (nSPS) is 16.5. The molecule has 17 heavy (non-hydrogen) atoms. The molecule has 0 amide bonds. The molecule has 10 heteroatoms. The number of alkyl halides is 3. The van der Waals surface area contributed by atoms with E-state index in [-0.39, 0.29) is 0 Å². The summed E-state index contributed by atoms with van der Waals surface area (Å²) in [6.07, 6.45) is -4.67. The van der Waals surface area contributed by atoms with Crippen molar-refractivity contribution in [1.82, 2.24) is 9.44 Å². The van der Waals surface area contributed by atoms with E-state index in [2.05, 4.69) is 0 Å². The van der Waals surface area contributed by atoms with Crippen molar-refractivity contribution >= 4 is 16.2 Å². The van der Waals surface area contributed by atoms with Crippen molar-refractivity contribution in [1.29, 1.82) is 0 Å². The Morgan fingerprint density at radius 2 is 1.82 bits per heavy atom. The fourth-order valence-electron chi connectivity index (χ4n) is 0.779. The van der Waals surface area contributed by atoms with E-state index in [1.165, 1.54) is 18.6 Å². The van der Waals surface area contributed by atoms with Gasteiger partial charge in [0.25, 0.3) is 10.2 Å². The fourth-order valence-corrected chi connectivity index (χ4v) is 1.91. The summed E-state index contributed by atoms with van der Waals surface area (Å²) in [5, 5.41) is 8.57. The summed E-state index contributed by atoms with van der Waals surface area (Å²) >= 11 is 0. The highest BCUT2D eigenvalue weighted by atomic mass is 32.2. The third kappa shape index (κ3) is 7.13. The van der Waals surface area contributed by atoms with Crippen molar-refractivity contribution in [2.24, 2.45) is 5.92 Å². The second kappa shape index (κ2) is 5.65. The van der Waals surface area contributed by atoms with E-state index in [4.69, 9.17) is 5.11 Å². The number of hydrogen-bond acceptors (Lipinski definition) is 3. The number of halogens is 3. The summed E-state index contributed by atoms with van der Waals surface area (Å²) in [4.78, 5) is 10.5. The minimum atomic E-state index is -4.67. The quantitative estimate of drug-likeness (QED) is 0.641. The third-order valence-corrected chi connectivity index (χ3v) is 3.15. The molecule has 0 aromatic rings. The topological polar surface area (TPSA) is 95.5 Å². The van der Waals surface area contributed by atoms with Gasteiger partial charge in [-0.15, -0.1) is 0 Å². The number of hydrogen-bond donors (Lipinski definition) is 3. The largest absolute Gasteiger partial charge is 0.481 e. The molecule has 0 aromatic heterocycles. The van der Waals surface area contributed by atoms with Crippen LogP contribution in [0.1, 0.15) is 13.8 Å². The highest BCUT2D eigenvalue weighted by Crippen LogP contribution is 2.12. The predicted octanol–water partition coefficient (Wildman–Crippen LogP) is 0.0819. The van der Waals surface area contributed by atoms with Gasteiger partial charge in [-0.3, -0.25) is 4.79 Å². The second-order valence-corrected chi connectivity index (χ2v) is 5.00. The highest BCUT2D eigenvalue weighted by Gasteiger charge is 2.31. The van der Waals surface area contributed by atoms with E-state index in [0.29, 0.717) is 0 Å². The van der Waals surface area contributed by atoms with Crippen LogP contribution in [0.3, 0.4) is 0 Å². The molecule has 102 valence electrons. The number of aliphatic carboxylic acids is 1. The zero-order chi connectivity index (χ0) is 13.9. The number of rotatable bonds is 6. The Morgan fingerprint density at radius 3 is 2.18 bits per heavy atom. The minimum absolute atomic E-state index is 1.03. The molecule has 2 unspecified atom stereocenters. The van der Waals surface area contributed by atoms with E-state index in [9.17, 15) is 26.4 Å². The maximum Gasteiger partial charge on any atom is 0.402 e. The van der Waals surface area contributed by atoms with Gasteiger partial charge in [0.05, 0.1) is 5.92 Å². The summed E-state index contributed by atoms with van der Waals surface area (Å²) in [6.45, 7) is 0.765. The minimum Gasteiger partial charge on any atom is -0.481 e. The molecule has 0 aliphatic rings. The molecule has 0 aromatic carbocycles. The van der Waals surface area contributed by atoms with E-state index in [0.717, 1.165) is 0 Å². The SMILES string of the molecule is CC(NS(=O)(=O)NCC(F)(F)F)C(C)C(=O)O. The average molecular weight is 278 g/mol. The smallest absolute Gasteiger partial charge is 0.402 e. The van der Waals surface area contributed by atoms with Gasteiger partial charge in [0.2, 0.25) is 0 Å². The Labute approximate surface area is 96.4 Å². The average Bonchev–Trinajstić information content (AvgIpc) is 2.12. The van der Waals surface area contributed by atoms with Crippen LogP contribution in [0.4, 0.5) is 13.2 Å². The molecule has 0 saturated heterocycles. The Hall–Kier alpha value is -0.870. The van der Waals surface area contributed by atoms with Crippen LogP contribution in [0.5, 0.6) is 0 Å². The molecule has 0 heterocycles. The van der Waals surface area contributed by atoms with Gasteiger partial charge in [-0.25, -0.2) is 0 Å². The monoisotopic (exact) mass is 278 g/mol. The van der Waals surface area contributed by atoms with Gasteiger partial charge in [0.1, 0.15) is 6.54 Å². The van der Waals surface area contributed by atoms with Crippen LogP contribution in [0.2, 0.25) is 0 Å². The fraction of sp³-hybridized carbons (Fsp3) is 0.857. The molecule has 0 saturated carbocycles. The van der Waals surface area contributed by atoms with Gasteiger partial charge in [-0.2, -0.15) is 31.0 Å². The molecule has 0 aliphatic carbocycles. The maximum atomic E-state index is 11.8. The molecule has 0 radical (unpaired) electrons. The zero-order valence-electron chi connectivity index (χ0n) is 9.08. The lowest BCUT2D eigenvalue weighted by molar-refractivity contribution is -0.141. The predicted molar refractivity (Wildman–Crippen MR) is 52.4 cm³/mol. The van der Waals surface area contributed by atoms with Gasteiger partial charge in [-0.1, -0.05) is 6.92 Å². The van der Waals surface area contributed by atoms with Crippen molar-refractivity contribution in [2.45, 2.75) is 26.1 Å². The van der Waals surface area contributed by atoms with Crippen LogP contribution in [-0.2, 0) is 15.0 Å². The van der Waals surface area contributed by atoms with Crippen LogP contribution >= 0.6 is 0 Å². The molecule has 0 spiro atoms. The third-order valence-electron chi connectivity index (χ3n) is 1.94. The first kappa shape index (κ1) is 16.1. The van der Waals surface area contributed by atoms with Crippen LogP contribution in [-0.4, -0.2) is 38.3 Å². The Morgan fingerprint density at radius 1 is 1.35 bits per heavy atom. The molecular formula is C7H13F3N2O4S. The summed E-state index contributed by atoms with van der Waals surface area (Å²) < 4.78 is 60.5. The van der Waals surface area contributed by atoms with Gasteiger partial charge >= 0.3 is 12.1 Å². The Kier molecular flexibility index (Phi) is 5.36. The molecule has 2 atom stereocenters. The Bertz CT molecular complexity index is 368. The van der Waals surface area contributed by atoms with Crippen molar-refractivity contribution < 1.29 is 31.5 Å². The van der Waals surface area contributed by atoms with Gasteiger partial charge in [-0.05, 0) is 6.92 Å². The lowest BCUT2D eigenvalue weighted by Crippen LogP contribution is -2.47. The number of carbonyl (C=O) groups is 1. The van der Waals surface area contributed by atoms with Crippen LogP contribution < -0.4 is 9.44 Å². The van der Waals surface area contributed by atoms with Crippen molar-refractivity contribution in [3.05, 3.63) is 0 Å². The first-order valence-corrected chi connectivity index (χ1v) is 5.99. The van der Waals surface area contributed by atoms with E-state index in [1.807, 2.05) is 0 Å². The highest BCUT2D eigenvalue weighted by molar-refractivity contribution is 7.87. The van der Waals surface area contributed by atoms with Crippen LogP contribution in [0.15, 0.2) is 0 Å². The number of carboxylic acids is 1. The van der Waals surface area contributed by atoms with Crippen molar-refractivity contribution in [3.8, 4) is 0 Å². The van der Waals surface area contributed by atoms with E-state index >= 15 is 0 Å². The van der Waals surface area contributed by atoms with Gasteiger partial charge in [0.15, 0.2) is 0 Å². The lowest BCUT2D eigenvalue weighted by Gasteiger charge is -2.18. The van der Waals surface area contributed by atoms with Crippen LogP contribution in [0.25, 0.3) is 0 Å². The zero-order valence-corrected chi connectivity index (χ0v) is 9.89. The van der Waals surface area contributed by atoms with E-state index < -0.39 is 40.9 Å². The number of carboxylic acid groups (broad SMARTS) is 1. The molecule has 6 nitrogen and oxygen atoms in total. The number of nitrogens with one attached hydrogen (secondary N) is 2. The molecular weight excluding hydrogens is 265 g/mol. The molecule has 0 bridgehead atoms. The van der Waals surface area contributed by atoms with Crippen molar-refractivity contribution in [2.75, 3.05) is 6.54 Å². The van der Waals surface area contributed by atoms with E-state index in [1.54, 1.807) is 4.72 Å². The molecule has 0 rings (SSSR count). The first-order chi connectivity index (χ1) is 7.44. The Balaban J connectivity index is 4.41. The molecule has 3 N–H and O–H groups in total. The summed E-state index contributed by atoms with van der Waals surface area (Å²) in [7, 11) is -4.38. The summed E-state index contributed by atoms with van der Waals surface area (Å²) in [6, 6.07) is -1.03. The summed E-state index contributed by atoms with van der Waals surface area (Å²) in [5.74, 6) is -2.31. The van der Waals surface area contributed by atoms with Crippen molar-refractivity contribution in [3.63, 3.8) is 0 Å². The molecule has 0 fully saturated rings. The van der Waals surface area contributed by atoms with Gasteiger partial charge < -0.3 is 5.11 Å². The first-order valence-electron chi connectivity index (χ1n) is 4.51. The van der Waals surface area contributed by atoms with Gasteiger partial charge in [0, 0.05) is 6.04 Å². The summed E-state index contributed by atoms with van der Waals surface area (Å²) in [5.41, 5.74) is 0. The maximum absolute atomic E-state index is 11.8. The molecule has 0 aliphatic heterocycles. The standard InChI is InChI=1S/C7H13F3N2O4S/c1-4(6(13)14)5(2)12-17(15,16)11-3-7(8,9)10/h4-5,11-12H,3H2,1-2H3,(H,13,14).